The van der Waals surface area contributed by atoms with Gasteiger partial charge in [-0.05, 0) is 50.7 Å². The number of hydrogen-bond acceptors (Lipinski definition) is 16. The Balaban J connectivity index is 0.000000192. The number of aliphatic hydroxyl groups is 1. The van der Waals surface area contributed by atoms with Gasteiger partial charge in [0.2, 0.25) is 11.8 Å². The number of ether oxygens (including phenoxy) is 2. The summed E-state index contributed by atoms with van der Waals surface area (Å²) in [7, 11) is 3.20. The average molecular weight is 1010 g/mol. The average Bonchev–Trinajstić information content (AvgIpc) is 4.30. The van der Waals surface area contributed by atoms with Crippen LogP contribution in [0.5, 0.6) is 11.8 Å². The second-order valence-electron chi connectivity index (χ2n) is 17.7. The molecule has 0 radical (unpaired) electrons. The van der Waals surface area contributed by atoms with E-state index in [1.807, 2.05) is 68.0 Å². The van der Waals surface area contributed by atoms with Crippen molar-refractivity contribution >= 4 is 28.4 Å². The number of imidazole rings is 2. The van der Waals surface area contributed by atoms with E-state index in [0.717, 1.165) is 124 Å². The van der Waals surface area contributed by atoms with E-state index in [2.05, 4.69) is 69.1 Å². The lowest BCUT2D eigenvalue weighted by atomic mass is 10.1. The molecule has 20 heteroatoms. The highest BCUT2D eigenvalue weighted by Crippen LogP contribution is 2.46. The number of hydrogen-bond donors (Lipinski definition) is 1. The number of carbonyl (C=O) groups excluding carboxylic acids is 1. The van der Waals surface area contributed by atoms with Crippen LogP contribution in [0.3, 0.4) is 0 Å². The van der Waals surface area contributed by atoms with Crippen molar-refractivity contribution in [2.75, 3.05) is 14.2 Å². The summed E-state index contributed by atoms with van der Waals surface area (Å²) in [6.07, 6.45) is 19.0. The smallest absolute Gasteiger partial charge is 0.227 e. The highest BCUT2D eigenvalue weighted by Gasteiger charge is 2.33. The van der Waals surface area contributed by atoms with Gasteiger partial charge in [-0.25, -0.2) is 59.2 Å². The van der Waals surface area contributed by atoms with Gasteiger partial charge < -0.3 is 23.7 Å². The highest BCUT2D eigenvalue weighted by molar-refractivity contribution is 5.79. The predicted octanol–water partition coefficient (Wildman–Crippen LogP) is 9.42. The number of aromatic nitrogens is 16. The van der Waals surface area contributed by atoms with Crippen molar-refractivity contribution < 1.29 is 19.4 Å². The van der Waals surface area contributed by atoms with E-state index in [1.54, 1.807) is 51.5 Å². The maximum absolute atomic E-state index is 11.2. The molecular weight excluding hydrogens is 949 g/mol. The van der Waals surface area contributed by atoms with Gasteiger partial charge in [0, 0.05) is 60.8 Å². The SMILES string of the molecule is C.C.C.CCn1cc(C=O)nc1-c1ccc(Cn2ncc3cnc(-c4c(OC)ncnc4C4CC4)nc32)cc1.CCn1cc(CO)nc1-c1ccc(Cn2ncc3cnc(-c4c(OC)ncnc4C4CC4)nc32)cc1. The molecule has 2 saturated carbocycles. The van der Waals surface area contributed by atoms with E-state index in [9.17, 15) is 9.90 Å². The Morgan fingerprint density at radius 3 is 1.45 bits per heavy atom. The molecule has 10 aromatic rings. The molecule has 0 aliphatic heterocycles. The summed E-state index contributed by atoms with van der Waals surface area (Å²) in [6, 6.07) is 16.3. The minimum Gasteiger partial charge on any atom is -0.480 e. The van der Waals surface area contributed by atoms with Crippen LogP contribution in [0.15, 0.2) is 98.4 Å². The second-order valence-corrected chi connectivity index (χ2v) is 17.7. The number of carbonyl (C=O) groups is 1. The fourth-order valence-electron chi connectivity index (χ4n) is 8.88. The monoisotopic (exact) mass is 1010 g/mol. The molecule has 0 saturated heterocycles. The maximum atomic E-state index is 11.2. The molecule has 0 unspecified atom stereocenters. The van der Waals surface area contributed by atoms with Crippen molar-refractivity contribution in [3.8, 4) is 57.3 Å². The molecule has 12 rings (SSSR count). The molecule has 2 aliphatic carbocycles. The molecule has 20 nitrogen and oxygen atoms in total. The van der Waals surface area contributed by atoms with E-state index >= 15 is 0 Å². The molecule has 0 spiro atoms. The van der Waals surface area contributed by atoms with E-state index in [4.69, 9.17) is 19.4 Å². The summed E-state index contributed by atoms with van der Waals surface area (Å²) in [4.78, 5) is 56.7. The summed E-state index contributed by atoms with van der Waals surface area (Å²) in [6.45, 7) is 6.63. The number of nitrogens with zero attached hydrogens (tertiary/aromatic N) is 16. The predicted molar refractivity (Wildman–Crippen MR) is 286 cm³/mol. The number of aryl methyl sites for hydroxylation is 2. The van der Waals surface area contributed by atoms with E-state index in [1.165, 1.54) is 6.33 Å². The molecule has 8 aromatic heterocycles. The Labute approximate surface area is 435 Å². The van der Waals surface area contributed by atoms with Gasteiger partial charge >= 0.3 is 0 Å². The fourth-order valence-corrected chi connectivity index (χ4v) is 8.88. The molecular formula is C55H62N16O4. The first-order chi connectivity index (χ1) is 35.4. The Morgan fingerprint density at radius 2 is 1.04 bits per heavy atom. The van der Waals surface area contributed by atoms with Gasteiger partial charge in [0.25, 0.3) is 0 Å². The number of benzene rings is 2. The van der Waals surface area contributed by atoms with Crippen molar-refractivity contribution in [2.45, 2.75) is 106 Å². The Morgan fingerprint density at radius 1 is 0.587 bits per heavy atom. The van der Waals surface area contributed by atoms with Crippen LogP contribution >= 0.6 is 0 Å². The quantitative estimate of drug-likeness (QED) is 0.0888. The van der Waals surface area contributed by atoms with Crippen LogP contribution in [-0.4, -0.2) is 104 Å². The number of fused-ring (bicyclic) bond motifs is 2. The zero-order valence-corrected chi connectivity index (χ0v) is 40.2. The van der Waals surface area contributed by atoms with Gasteiger partial charge in [0.1, 0.15) is 41.1 Å². The lowest BCUT2D eigenvalue weighted by Gasteiger charge is -2.11. The summed E-state index contributed by atoms with van der Waals surface area (Å²) in [5, 5.41) is 20.3. The minimum absolute atomic E-state index is 0. The van der Waals surface area contributed by atoms with Crippen molar-refractivity contribution in [1.82, 2.24) is 78.5 Å². The van der Waals surface area contributed by atoms with Crippen molar-refractivity contribution in [3.05, 3.63) is 132 Å². The molecule has 1 N–H and O–H groups in total. The molecule has 0 atom stereocenters. The topological polar surface area (TPSA) is 230 Å². The fraction of sp³-hybridized carbons (Fsp3) is 0.327. The van der Waals surface area contributed by atoms with Crippen molar-refractivity contribution in [3.63, 3.8) is 0 Å². The Bertz CT molecular complexity index is 3570. The first-order valence-electron chi connectivity index (χ1n) is 23.9. The molecule has 2 aliphatic rings. The van der Waals surface area contributed by atoms with Gasteiger partial charge in [0.15, 0.2) is 29.2 Å². The first-order valence-corrected chi connectivity index (χ1v) is 23.9. The molecule has 8 heterocycles. The maximum Gasteiger partial charge on any atom is 0.227 e. The zero-order chi connectivity index (χ0) is 49.3. The van der Waals surface area contributed by atoms with Crippen molar-refractivity contribution in [2.24, 2.45) is 0 Å². The summed E-state index contributed by atoms with van der Waals surface area (Å²) < 4.78 is 18.8. The van der Waals surface area contributed by atoms with Crippen LogP contribution < -0.4 is 9.47 Å². The van der Waals surface area contributed by atoms with Crippen molar-refractivity contribution in [1.29, 1.82) is 0 Å². The van der Waals surface area contributed by atoms with E-state index in [0.29, 0.717) is 59.7 Å². The van der Waals surface area contributed by atoms with E-state index < -0.39 is 0 Å². The normalized spacial score (nSPS) is 12.8. The lowest BCUT2D eigenvalue weighted by Crippen LogP contribution is -2.05. The van der Waals surface area contributed by atoms with Gasteiger partial charge in [-0.3, -0.25) is 4.79 Å². The lowest BCUT2D eigenvalue weighted by molar-refractivity contribution is 0.111. The van der Waals surface area contributed by atoms with Crippen LogP contribution in [0.25, 0.3) is 67.6 Å². The molecule has 0 bridgehead atoms. The number of aliphatic hydroxyl groups excluding tert-OH is 1. The largest absolute Gasteiger partial charge is 0.480 e. The van der Waals surface area contributed by atoms with Gasteiger partial charge in [0.05, 0.1) is 74.2 Å². The summed E-state index contributed by atoms with van der Waals surface area (Å²) in [5.74, 6) is 4.47. The molecule has 2 fully saturated rings. The third-order valence-corrected chi connectivity index (χ3v) is 12.9. The molecule has 0 amide bonds. The third-order valence-electron chi connectivity index (χ3n) is 12.9. The zero-order valence-electron chi connectivity index (χ0n) is 40.2. The van der Waals surface area contributed by atoms with Gasteiger partial charge in [-0.2, -0.15) is 10.2 Å². The second kappa shape index (κ2) is 22.6. The van der Waals surface area contributed by atoms with Crippen LogP contribution in [0.2, 0.25) is 0 Å². The first kappa shape index (κ1) is 52.7. The van der Waals surface area contributed by atoms with E-state index in [-0.39, 0.29) is 28.9 Å². The standard InChI is InChI=1S/C26H26N8O2.C26H24N8O2.3CH4/c2*1-3-33-13-20(14-35)31-24(33)18-6-4-16(5-7-18)12-34-25-19(11-30-34)10-27-23(32-25)21-22(17-8-9-17)28-15-29-26(21)36-2;;;/h4-7,10-11,13,15,17,35H,3,8-9,12,14H2,1-2H3;4-7,10-11,13-15,17H,3,8-9,12H2,1-2H3;3*1H4. The van der Waals surface area contributed by atoms with Crippen LogP contribution in [0.4, 0.5) is 0 Å². The highest BCUT2D eigenvalue weighted by atomic mass is 16.5. The van der Waals surface area contributed by atoms with Gasteiger partial charge in [-0.15, -0.1) is 0 Å². The summed E-state index contributed by atoms with van der Waals surface area (Å²) in [5.41, 5.74) is 10.1. The molecule has 2 aromatic carbocycles. The number of aldehydes is 1. The minimum atomic E-state index is -0.0720. The molecule has 386 valence electrons. The third kappa shape index (κ3) is 10.6. The summed E-state index contributed by atoms with van der Waals surface area (Å²) >= 11 is 0. The van der Waals surface area contributed by atoms with Crippen LogP contribution in [0, 0.1) is 0 Å². The van der Waals surface area contributed by atoms with Crippen LogP contribution in [-0.2, 0) is 32.8 Å². The number of rotatable bonds is 16. The van der Waals surface area contributed by atoms with Gasteiger partial charge in [-0.1, -0.05) is 70.8 Å². The molecule has 75 heavy (non-hydrogen) atoms. The Kier molecular flexibility index (Phi) is 15.9. The Hall–Kier alpha value is -8.65. The number of methoxy groups -OCH3 is 2. The van der Waals surface area contributed by atoms with Crippen LogP contribution in [0.1, 0.15) is 112 Å².